The molecule has 0 radical (unpaired) electrons. The van der Waals surface area contributed by atoms with E-state index in [1.807, 2.05) is 18.5 Å². The van der Waals surface area contributed by atoms with Gasteiger partial charge in [-0.2, -0.15) is 0 Å². The number of likely N-dealkylation sites (tertiary alicyclic amines) is 1. The van der Waals surface area contributed by atoms with Crippen LogP contribution in [0.15, 0.2) is 48.8 Å². The van der Waals surface area contributed by atoms with E-state index in [0.29, 0.717) is 6.04 Å². The molecule has 1 atom stereocenters. The van der Waals surface area contributed by atoms with Gasteiger partial charge < -0.3 is 4.74 Å². The minimum absolute atomic E-state index is 0.498. The van der Waals surface area contributed by atoms with Crippen LogP contribution in [0.1, 0.15) is 30.0 Å². The quantitative estimate of drug-likeness (QED) is 0.849. The van der Waals surface area contributed by atoms with Crippen LogP contribution < -0.4 is 4.74 Å². The maximum absolute atomic E-state index is 5.34. The van der Waals surface area contributed by atoms with Crippen molar-refractivity contribution in [2.45, 2.75) is 25.4 Å². The van der Waals surface area contributed by atoms with Crippen LogP contribution in [0.5, 0.6) is 5.75 Å². The van der Waals surface area contributed by atoms with Crippen LogP contribution in [-0.2, 0) is 6.54 Å². The Balaban J connectivity index is 1.78. The molecule has 1 aromatic carbocycles. The molecule has 104 valence electrons. The van der Waals surface area contributed by atoms with Gasteiger partial charge in [0.05, 0.1) is 7.11 Å². The first-order valence-corrected chi connectivity index (χ1v) is 7.14. The number of hydrogen-bond acceptors (Lipinski definition) is 3. The van der Waals surface area contributed by atoms with Gasteiger partial charge in [0.2, 0.25) is 0 Å². The van der Waals surface area contributed by atoms with E-state index in [2.05, 4.69) is 40.2 Å². The number of nitrogens with zero attached hydrogens (tertiary/aromatic N) is 2. The second-order valence-electron chi connectivity index (χ2n) is 5.26. The van der Waals surface area contributed by atoms with Crippen molar-refractivity contribution in [1.82, 2.24) is 9.88 Å². The lowest BCUT2D eigenvalue weighted by molar-refractivity contribution is 0.248. The highest BCUT2D eigenvalue weighted by atomic mass is 16.5. The van der Waals surface area contributed by atoms with E-state index >= 15 is 0 Å². The number of aromatic nitrogens is 1. The molecule has 1 aliphatic rings. The fourth-order valence-corrected chi connectivity index (χ4v) is 2.96. The molecule has 1 aromatic heterocycles. The summed E-state index contributed by atoms with van der Waals surface area (Å²) < 4.78 is 5.34. The van der Waals surface area contributed by atoms with Gasteiger partial charge in [-0.1, -0.05) is 12.1 Å². The summed E-state index contributed by atoms with van der Waals surface area (Å²) in [6.07, 6.45) is 6.21. The Bertz CT molecular complexity index is 556. The van der Waals surface area contributed by atoms with E-state index in [1.165, 1.54) is 24.0 Å². The molecule has 0 amide bonds. The van der Waals surface area contributed by atoms with E-state index in [0.717, 1.165) is 18.8 Å². The molecule has 3 rings (SSSR count). The smallest absolute Gasteiger partial charge is 0.119 e. The van der Waals surface area contributed by atoms with Crippen LogP contribution in [0.25, 0.3) is 0 Å². The Morgan fingerprint density at radius 3 is 2.90 bits per heavy atom. The Morgan fingerprint density at radius 1 is 1.25 bits per heavy atom. The standard InChI is InChI=1S/C17H20N2O/c1-20-16-5-2-4-15(12-16)17-6-3-11-19(17)13-14-7-9-18-10-8-14/h2,4-5,7-10,12,17H,3,6,11,13H2,1H3. The van der Waals surface area contributed by atoms with Gasteiger partial charge in [-0.3, -0.25) is 9.88 Å². The molecule has 20 heavy (non-hydrogen) atoms. The van der Waals surface area contributed by atoms with Gasteiger partial charge in [-0.05, 0) is 54.8 Å². The van der Waals surface area contributed by atoms with Crippen molar-refractivity contribution in [3.8, 4) is 5.75 Å². The predicted molar refractivity (Wildman–Crippen MR) is 79.6 cm³/mol. The number of hydrogen-bond donors (Lipinski definition) is 0. The van der Waals surface area contributed by atoms with Crippen LogP contribution in [0, 0.1) is 0 Å². The maximum atomic E-state index is 5.34. The first kappa shape index (κ1) is 13.1. The monoisotopic (exact) mass is 268 g/mol. The summed E-state index contributed by atoms with van der Waals surface area (Å²) >= 11 is 0. The molecule has 1 unspecified atom stereocenters. The topological polar surface area (TPSA) is 25.4 Å². The van der Waals surface area contributed by atoms with Gasteiger partial charge in [0, 0.05) is 25.0 Å². The summed E-state index contributed by atoms with van der Waals surface area (Å²) in [5, 5.41) is 0. The zero-order chi connectivity index (χ0) is 13.8. The summed E-state index contributed by atoms with van der Waals surface area (Å²) in [5.74, 6) is 0.943. The minimum Gasteiger partial charge on any atom is -0.497 e. The normalized spacial score (nSPS) is 19.1. The van der Waals surface area contributed by atoms with Gasteiger partial charge in [0.1, 0.15) is 5.75 Å². The second-order valence-corrected chi connectivity index (χ2v) is 5.26. The van der Waals surface area contributed by atoms with E-state index in [1.54, 1.807) is 7.11 Å². The van der Waals surface area contributed by atoms with Gasteiger partial charge in [0.15, 0.2) is 0 Å². The fraction of sp³-hybridized carbons (Fsp3) is 0.353. The Morgan fingerprint density at radius 2 is 2.10 bits per heavy atom. The summed E-state index contributed by atoms with van der Waals surface area (Å²) in [5.41, 5.74) is 2.69. The third-order valence-electron chi connectivity index (χ3n) is 3.98. The fourth-order valence-electron chi connectivity index (χ4n) is 2.96. The molecule has 0 spiro atoms. The van der Waals surface area contributed by atoms with Crippen molar-refractivity contribution in [2.75, 3.05) is 13.7 Å². The van der Waals surface area contributed by atoms with Crippen LogP contribution in [0.2, 0.25) is 0 Å². The van der Waals surface area contributed by atoms with Gasteiger partial charge in [-0.15, -0.1) is 0 Å². The molecule has 3 heteroatoms. The summed E-state index contributed by atoms with van der Waals surface area (Å²) in [7, 11) is 1.72. The molecule has 3 nitrogen and oxygen atoms in total. The minimum atomic E-state index is 0.498. The number of pyridine rings is 1. The van der Waals surface area contributed by atoms with Crippen molar-refractivity contribution < 1.29 is 4.74 Å². The molecule has 0 bridgehead atoms. The predicted octanol–water partition coefficient (Wildman–Crippen LogP) is 3.43. The molecule has 2 heterocycles. The highest BCUT2D eigenvalue weighted by molar-refractivity contribution is 5.31. The first-order chi connectivity index (χ1) is 9.86. The third-order valence-corrected chi connectivity index (χ3v) is 3.98. The van der Waals surface area contributed by atoms with Crippen molar-refractivity contribution in [3.05, 3.63) is 59.9 Å². The SMILES string of the molecule is COc1cccc(C2CCCN2Cc2ccncc2)c1. The van der Waals surface area contributed by atoms with Crippen LogP contribution in [0.4, 0.5) is 0 Å². The van der Waals surface area contributed by atoms with E-state index in [-0.39, 0.29) is 0 Å². The molecular weight excluding hydrogens is 248 g/mol. The Hall–Kier alpha value is -1.87. The molecule has 1 fully saturated rings. The maximum Gasteiger partial charge on any atom is 0.119 e. The number of rotatable bonds is 4. The molecular formula is C17H20N2O. The zero-order valence-corrected chi connectivity index (χ0v) is 11.8. The van der Waals surface area contributed by atoms with Gasteiger partial charge >= 0.3 is 0 Å². The van der Waals surface area contributed by atoms with Crippen LogP contribution >= 0.6 is 0 Å². The van der Waals surface area contributed by atoms with Gasteiger partial charge in [0.25, 0.3) is 0 Å². The van der Waals surface area contributed by atoms with Crippen molar-refractivity contribution >= 4 is 0 Å². The summed E-state index contributed by atoms with van der Waals surface area (Å²) in [6.45, 7) is 2.15. The number of methoxy groups -OCH3 is 1. The summed E-state index contributed by atoms with van der Waals surface area (Å²) in [6, 6.07) is 13.1. The lowest BCUT2D eigenvalue weighted by Crippen LogP contribution is -2.22. The highest BCUT2D eigenvalue weighted by Crippen LogP contribution is 2.34. The zero-order valence-electron chi connectivity index (χ0n) is 11.8. The Labute approximate surface area is 120 Å². The van der Waals surface area contributed by atoms with Crippen LogP contribution in [0.3, 0.4) is 0 Å². The van der Waals surface area contributed by atoms with E-state index in [9.17, 15) is 0 Å². The molecule has 1 aliphatic heterocycles. The van der Waals surface area contributed by atoms with Crippen molar-refractivity contribution in [1.29, 1.82) is 0 Å². The molecule has 1 saturated heterocycles. The molecule has 2 aromatic rings. The van der Waals surface area contributed by atoms with Crippen molar-refractivity contribution in [2.24, 2.45) is 0 Å². The van der Waals surface area contributed by atoms with Gasteiger partial charge in [-0.25, -0.2) is 0 Å². The molecule has 0 N–H and O–H groups in total. The average Bonchev–Trinajstić information content (AvgIpc) is 2.96. The van der Waals surface area contributed by atoms with E-state index < -0.39 is 0 Å². The summed E-state index contributed by atoms with van der Waals surface area (Å²) in [4.78, 5) is 6.63. The molecule has 0 aliphatic carbocycles. The second kappa shape index (κ2) is 6.06. The van der Waals surface area contributed by atoms with E-state index in [4.69, 9.17) is 4.74 Å². The number of benzene rings is 1. The first-order valence-electron chi connectivity index (χ1n) is 7.14. The Kier molecular flexibility index (Phi) is 3.97. The highest BCUT2D eigenvalue weighted by Gasteiger charge is 2.26. The molecule has 0 saturated carbocycles. The average molecular weight is 268 g/mol. The lowest BCUT2D eigenvalue weighted by atomic mass is 10.0. The largest absolute Gasteiger partial charge is 0.497 e. The van der Waals surface area contributed by atoms with Crippen molar-refractivity contribution in [3.63, 3.8) is 0 Å². The number of ether oxygens (including phenoxy) is 1. The lowest BCUT2D eigenvalue weighted by Gasteiger charge is -2.25. The third kappa shape index (κ3) is 2.83. The van der Waals surface area contributed by atoms with Crippen LogP contribution in [-0.4, -0.2) is 23.5 Å².